The van der Waals surface area contributed by atoms with E-state index in [0.29, 0.717) is 0 Å². The van der Waals surface area contributed by atoms with Crippen molar-refractivity contribution in [1.29, 1.82) is 0 Å². The van der Waals surface area contributed by atoms with Gasteiger partial charge in [0.2, 0.25) is 5.79 Å². The number of hydrogen-bond donors (Lipinski definition) is 2. The van der Waals surface area contributed by atoms with E-state index in [0.717, 1.165) is 5.57 Å². The van der Waals surface area contributed by atoms with Crippen LogP contribution in [0.1, 0.15) is 20.8 Å². The Morgan fingerprint density at radius 1 is 1.18 bits per heavy atom. The van der Waals surface area contributed by atoms with Gasteiger partial charge in [0, 0.05) is 5.41 Å². The van der Waals surface area contributed by atoms with E-state index in [1.165, 1.54) is 12.2 Å². The molecule has 0 aromatic heterocycles. The Morgan fingerprint density at radius 3 is 2.09 bits per heavy atom. The summed E-state index contributed by atoms with van der Waals surface area (Å²) in [5.74, 6) is -1.74. The highest BCUT2D eigenvalue weighted by molar-refractivity contribution is 5.28. The molecule has 1 aliphatic carbocycles. The zero-order valence-electron chi connectivity index (χ0n) is 7.13. The average Bonchev–Trinajstić information content (AvgIpc) is 1.81. The van der Waals surface area contributed by atoms with Crippen molar-refractivity contribution in [3.05, 3.63) is 23.8 Å². The van der Waals surface area contributed by atoms with Crippen molar-refractivity contribution in [2.75, 3.05) is 0 Å². The number of hydrogen-bond acceptors (Lipinski definition) is 2. The highest BCUT2D eigenvalue weighted by Crippen LogP contribution is 2.33. The van der Waals surface area contributed by atoms with Crippen molar-refractivity contribution in [2.24, 2.45) is 5.41 Å². The van der Waals surface area contributed by atoms with E-state index in [9.17, 15) is 0 Å². The predicted octanol–water partition coefficient (Wildman–Crippen LogP) is 1.21. The molecular formula is C9H14O2. The van der Waals surface area contributed by atoms with Crippen LogP contribution in [-0.2, 0) is 0 Å². The van der Waals surface area contributed by atoms with Gasteiger partial charge in [0.25, 0.3) is 0 Å². The standard InChI is InChI=1S/C9H14O2/c1-7-6-9(10,11)5-4-8(7,2)3/h4-6,10-11H,1-3H3. The maximum absolute atomic E-state index is 9.17. The first-order valence-electron chi connectivity index (χ1n) is 3.69. The average molecular weight is 154 g/mol. The van der Waals surface area contributed by atoms with Gasteiger partial charge in [-0.2, -0.15) is 0 Å². The minimum atomic E-state index is -1.74. The molecule has 0 radical (unpaired) electrons. The fourth-order valence-corrected chi connectivity index (χ4v) is 1.02. The molecule has 0 spiro atoms. The summed E-state index contributed by atoms with van der Waals surface area (Å²) in [6.07, 6.45) is 4.68. The molecule has 11 heavy (non-hydrogen) atoms. The van der Waals surface area contributed by atoms with E-state index < -0.39 is 5.79 Å². The molecule has 1 aliphatic rings. The van der Waals surface area contributed by atoms with E-state index in [4.69, 9.17) is 10.2 Å². The van der Waals surface area contributed by atoms with Gasteiger partial charge in [-0.05, 0) is 19.1 Å². The van der Waals surface area contributed by atoms with Crippen LogP contribution in [0, 0.1) is 5.41 Å². The normalized spacial score (nSPS) is 26.5. The lowest BCUT2D eigenvalue weighted by Crippen LogP contribution is -2.28. The first-order valence-corrected chi connectivity index (χ1v) is 3.69. The molecule has 2 nitrogen and oxygen atoms in total. The van der Waals surface area contributed by atoms with Crippen LogP contribution in [0.15, 0.2) is 23.8 Å². The van der Waals surface area contributed by atoms with Crippen LogP contribution in [0.2, 0.25) is 0 Å². The Labute approximate surface area is 66.9 Å². The summed E-state index contributed by atoms with van der Waals surface area (Å²) in [4.78, 5) is 0. The van der Waals surface area contributed by atoms with E-state index in [1.807, 2.05) is 26.8 Å². The summed E-state index contributed by atoms with van der Waals surface area (Å²) in [5.41, 5.74) is 0.930. The van der Waals surface area contributed by atoms with Gasteiger partial charge < -0.3 is 10.2 Å². The molecule has 0 atom stereocenters. The van der Waals surface area contributed by atoms with Gasteiger partial charge in [-0.3, -0.25) is 0 Å². The third kappa shape index (κ3) is 1.70. The molecule has 0 aromatic rings. The highest BCUT2D eigenvalue weighted by Gasteiger charge is 2.27. The molecule has 0 aliphatic heterocycles. The van der Waals surface area contributed by atoms with Crippen LogP contribution in [0.5, 0.6) is 0 Å². The zero-order chi connectivity index (χ0) is 8.70. The minimum Gasteiger partial charge on any atom is -0.359 e. The zero-order valence-corrected chi connectivity index (χ0v) is 7.13. The Bertz CT molecular complexity index is 222. The molecule has 0 bridgehead atoms. The number of aliphatic hydroxyl groups is 2. The largest absolute Gasteiger partial charge is 0.359 e. The van der Waals surface area contributed by atoms with Gasteiger partial charge in [0.1, 0.15) is 0 Å². The molecule has 0 aromatic carbocycles. The summed E-state index contributed by atoms with van der Waals surface area (Å²) >= 11 is 0. The van der Waals surface area contributed by atoms with Crippen LogP contribution in [0.4, 0.5) is 0 Å². The van der Waals surface area contributed by atoms with Crippen LogP contribution in [0.25, 0.3) is 0 Å². The third-order valence-corrected chi connectivity index (χ3v) is 2.19. The lowest BCUT2D eigenvalue weighted by molar-refractivity contribution is -0.0774. The molecule has 0 saturated carbocycles. The second kappa shape index (κ2) is 2.19. The van der Waals surface area contributed by atoms with Gasteiger partial charge in [-0.25, -0.2) is 0 Å². The van der Waals surface area contributed by atoms with Crippen molar-refractivity contribution in [3.63, 3.8) is 0 Å². The molecule has 0 unspecified atom stereocenters. The lowest BCUT2D eigenvalue weighted by Gasteiger charge is -2.29. The molecular weight excluding hydrogens is 140 g/mol. The monoisotopic (exact) mass is 154 g/mol. The van der Waals surface area contributed by atoms with Gasteiger partial charge >= 0.3 is 0 Å². The van der Waals surface area contributed by atoms with Crippen LogP contribution in [-0.4, -0.2) is 16.0 Å². The topological polar surface area (TPSA) is 40.5 Å². The van der Waals surface area contributed by atoms with Crippen LogP contribution in [0.3, 0.4) is 0 Å². The van der Waals surface area contributed by atoms with E-state index in [2.05, 4.69) is 0 Å². The van der Waals surface area contributed by atoms with Gasteiger partial charge in [-0.15, -0.1) is 0 Å². The van der Waals surface area contributed by atoms with E-state index >= 15 is 0 Å². The fourth-order valence-electron chi connectivity index (χ4n) is 1.02. The summed E-state index contributed by atoms with van der Waals surface area (Å²) in [7, 11) is 0. The highest BCUT2D eigenvalue weighted by atomic mass is 16.5. The van der Waals surface area contributed by atoms with Crippen LogP contribution >= 0.6 is 0 Å². The Kier molecular flexibility index (Phi) is 1.69. The summed E-state index contributed by atoms with van der Waals surface area (Å²) < 4.78 is 0. The van der Waals surface area contributed by atoms with Gasteiger partial charge in [0.15, 0.2) is 0 Å². The maximum atomic E-state index is 9.17. The summed E-state index contributed by atoms with van der Waals surface area (Å²) in [6, 6.07) is 0. The van der Waals surface area contributed by atoms with Crippen molar-refractivity contribution in [2.45, 2.75) is 26.6 Å². The molecule has 0 saturated heterocycles. The second-order valence-corrected chi connectivity index (χ2v) is 3.67. The summed E-state index contributed by atoms with van der Waals surface area (Å²) in [5, 5.41) is 18.3. The number of rotatable bonds is 0. The molecule has 62 valence electrons. The molecule has 2 N–H and O–H groups in total. The van der Waals surface area contributed by atoms with Crippen molar-refractivity contribution < 1.29 is 10.2 Å². The van der Waals surface area contributed by atoms with Crippen molar-refractivity contribution in [3.8, 4) is 0 Å². The molecule has 0 amide bonds. The molecule has 2 heteroatoms. The molecule has 0 heterocycles. The van der Waals surface area contributed by atoms with E-state index in [-0.39, 0.29) is 5.41 Å². The summed E-state index contributed by atoms with van der Waals surface area (Å²) in [6.45, 7) is 5.96. The smallest absolute Gasteiger partial charge is 0.203 e. The Balaban J connectivity index is 2.98. The Hall–Kier alpha value is -0.600. The maximum Gasteiger partial charge on any atom is 0.203 e. The lowest BCUT2D eigenvalue weighted by atomic mass is 9.80. The quantitative estimate of drug-likeness (QED) is 0.406. The second-order valence-electron chi connectivity index (χ2n) is 3.67. The number of allylic oxidation sites excluding steroid dienone is 2. The fraction of sp³-hybridized carbons (Fsp3) is 0.556. The van der Waals surface area contributed by atoms with E-state index in [1.54, 1.807) is 0 Å². The predicted molar refractivity (Wildman–Crippen MR) is 43.8 cm³/mol. The first-order chi connectivity index (χ1) is 4.83. The van der Waals surface area contributed by atoms with Gasteiger partial charge in [0.05, 0.1) is 0 Å². The molecule has 1 rings (SSSR count). The SMILES string of the molecule is CC1=CC(O)(O)C=CC1(C)C. The van der Waals surface area contributed by atoms with Gasteiger partial charge in [-0.1, -0.05) is 25.5 Å². The Morgan fingerprint density at radius 2 is 1.73 bits per heavy atom. The van der Waals surface area contributed by atoms with Crippen molar-refractivity contribution in [1.82, 2.24) is 0 Å². The first kappa shape index (κ1) is 8.50. The third-order valence-electron chi connectivity index (χ3n) is 2.19. The molecule has 0 fully saturated rings. The van der Waals surface area contributed by atoms with Crippen molar-refractivity contribution >= 4 is 0 Å². The van der Waals surface area contributed by atoms with Crippen LogP contribution < -0.4 is 0 Å². The minimum absolute atomic E-state index is 0.0467.